The van der Waals surface area contributed by atoms with Crippen molar-refractivity contribution in [3.8, 4) is 0 Å². The molecule has 3 heteroatoms. The van der Waals surface area contributed by atoms with Crippen molar-refractivity contribution in [2.24, 2.45) is 0 Å². The van der Waals surface area contributed by atoms with E-state index in [-0.39, 0.29) is 0 Å². The third-order valence-electron chi connectivity index (χ3n) is 1.47. The van der Waals surface area contributed by atoms with Crippen molar-refractivity contribution in [2.45, 2.75) is 19.3 Å². The zero-order chi connectivity index (χ0) is 8.36. The van der Waals surface area contributed by atoms with Crippen molar-refractivity contribution in [2.75, 3.05) is 31.2 Å². The largest absolute Gasteiger partial charge is 0.383 e. The first-order valence-electron chi connectivity index (χ1n) is 4.17. The number of nitrogens with one attached hydrogen (secondary N) is 1. The summed E-state index contributed by atoms with van der Waals surface area (Å²) >= 11 is 2.42. The van der Waals surface area contributed by atoms with Gasteiger partial charge in [-0.25, -0.2) is 0 Å². The number of hydrogen-bond donors (Lipinski definition) is 1. The molecule has 2 nitrogen and oxygen atoms in total. The first-order valence-corrected chi connectivity index (χ1v) is 5.70. The van der Waals surface area contributed by atoms with Crippen molar-refractivity contribution < 1.29 is 4.74 Å². The van der Waals surface area contributed by atoms with E-state index in [1.807, 2.05) is 0 Å². The number of alkyl halides is 1. The Morgan fingerprint density at radius 3 is 2.64 bits per heavy atom. The molecule has 0 atom stereocenters. The van der Waals surface area contributed by atoms with E-state index in [1.54, 1.807) is 7.11 Å². The highest BCUT2D eigenvalue weighted by atomic mass is 127. The molecule has 0 unspecified atom stereocenters. The molecule has 11 heavy (non-hydrogen) atoms. The number of ether oxygens (including phenoxy) is 1. The predicted octanol–water partition coefficient (Wildman–Crippen LogP) is 1.83. The number of hydrogen-bond acceptors (Lipinski definition) is 2. The Morgan fingerprint density at radius 1 is 1.18 bits per heavy atom. The molecule has 0 saturated heterocycles. The zero-order valence-electron chi connectivity index (χ0n) is 7.24. The van der Waals surface area contributed by atoms with Gasteiger partial charge in [-0.3, -0.25) is 0 Å². The van der Waals surface area contributed by atoms with Crippen LogP contribution in [0.25, 0.3) is 0 Å². The van der Waals surface area contributed by atoms with Gasteiger partial charge in [-0.2, -0.15) is 0 Å². The second kappa shape index (κ2) is 10.7. The molecule has 0 radical (unpaired) electrons. The molecule has 0 bridgehead atoms. The minimum Gasteiger partial charge on any atom is -0.383 e. The molecule has 0 aromatic carbocycles. The normalized spacial score (nSPS) is 10.4. The van der Waals surface area contributed by atoms with Crippen molar-refractivity contribution >= 4 is 22.6 Å². The van der Waals surface area contributed by atoms with Crippen LogP contribution in [-0.2, 0) is 4.74 Å². The number of unbranched alkanes of at least 4 members (excludes halogenated alkanes) is 2. The number of rotatable bonds is 8. The average Bonchev–Trinajstić information content (AvgIpc) is 2.03. The van der Waals surface area contributed by atoms with Crippen LogP contribution < -0.4 is 5.32 Å². The smallest absolute Gasteiger partial charge is 0.0587 e. The minimum atomic E-state index is 0.826. The van der Waals surface area contributed by atoms with Gasteiger partial charge >= 0.3 is 0 Å². The van der Waals surface area contributed by atoms with Crippen LogP contribution in [0.1, 0.15) is 19.3 Å². The second-order valence-electron chi connectivity index (χ2n) is 2.49. The first-order chi connectivity index (χ1) is 5.41. The molecule has 1 N–H and O–H groups in total. The number of methoxy groups -OCH3 is 1. The maximum atomic E-state index is 4.91. The molecule has 0 aromatic heterocycles. The average molecular weight is 271 g/mol. The summed E-state index contributed by atoms with van der Waals surface area (Å²) in [5, 5.41) is 3.32. The third kappa shape index (κ3) is 10.7. The van der Waals surface area contributed by atoms with E-state index >= 15 is 0 Å². The summed E-state index contributed by atoms with van der Waals surface area (Å²) in [7, 11) is 1.73. The lowest BCUT2D eigenvalue weighted by Gasteiger charge is -2.02. The molecule has 0 amide bonds. The monoisotopic (exact) mass is 271 g/mol. The van der Waals surface area contributed by atoms with Gasteiger partial charge < -0.3 is 10.1 Å². The number of halogens is 1. The van der Waals surface area contributed by atoms with Crippen LogP contribution in [0.5, 0.6) is 0 Å². The van der Waals surface area contributed by atoms with Crippen LogP contribution in [0.3, 0.4) is 0 Å². The highest BCUT2D eigenvalue weighted by Crippen LogP contribution is 1.96. The van der Waals surface area contributed by atoms with Gasteiger partial charge in [0.15, 0.2) is 0 Å². The SMILES string of the molecule is COCCNCCCCCI. The van der Waals surface area contributed by atoms with Gasteiger partial charge in [-0.1, -0.05) is 29.0 Å². The zero-order valence-corrected chi connectivity index (χ0v) is 9.39. The van der Waals surface area contributed by atoms with E-state index in [0.29, 0.717) is 0 Å². The Morgan fingerprint density at radius 2 is 2.00 bits per heavy atom. The van der Waals surface area contributed by atoms with Gasteiger partial charge in [0.2, 0.25) is 0 Å². The van der Waals surface area contributed by atoms with Crippen LogP contribution in [-0.4, -0.2) is 31.2 Å². The lowest BCUT2D eigenvalue weighted by molar-refractivity contribution is 0.199. The third-order valence-corrected chi connectivity index (χ3v) is 2.23. The summed E-state index contributed by atoms with van der Waals surface area (Å²) in [6.45, 7) is 2.95. The van der Waals surface area contributed by atoms with Crippen LogP contribution in [0.2, 0.25) is 0 Å². The van der Waals surface area contributed by atoms with Gasteiger partial charge in [-0.15, -0.1) is 0 Å². The fourth-order valence-corrected chi connectivity index (χ4v) is 1.36. The van der Waals surface area contributed by atoms with E-state index < -0.39 is 0 Å². The van der Waals surface area contributed by atoms with E-state index in [4.69, 9.17) is 4.74 Å². The van der Waals surface area contributed by atoms with Crippen LogP contribution in [0.4, 0.5) is 0 Å². The van der Waals surface area contributed by atoms with E-state index in [0.717, 1.165) is 19.7 Å². The molecule has 0 fully saturated rings. The van der Waals surface area contributed by atoms with E-state index in [1.165, 1.54) is 23.7 Å². The molecular formula is C8H18INO. The maximum Gasteiger partial charge on any atom is 0.0587 e. The Hall–Kier alpha value is 0.650. The molecule has 0 aliphatic heterocycles. The quantitative estimate of drug-likeness (QED) is 0.413. The Labute approximate surface area is 83.2 Å². The van der Waals surface area contributed by atoms with Gasteiger partial charge in [-0.05, 0) is 23.8 Å². The van der Waals surface area contributed by atoms with Gasteiger partial charge in [0, 0.05) is 13.7 Å². The van der Waals surface area contributed by atoms with Gasteiger partial charge in [0.1, 0.15) is 0 Å². The molecule has 0 heterocycles. The summed E-state index contributed by atoms with van der Waals surface area (Å²) in [5.41, 5.74) is 0. The topological polar surface area (TPSA) is 21.3 Å². The lowest BCUT2D eigenvalue weighted by Crippen LogP contribution is -2.20. The molecule has 0 aliphatic carbocycles. The Bertz CT molecular complexity index is 63.1. The van der Waals surface area contributed by atoms with E-state index in [9.17, 15) is 0 Å². The maximum absolute atomic E-state index is 4.91. The van der Waals surface area contributed by atoms with Gasteiger partial charge in [0.05, 0.1) is 6.61 Å². The van der Waals surface area contributed by atoms with Crippen molar-refractivity contribution in [1.82, 2.24) is 5.32 Å². The molecular weight excluding hydrogens is 253 g/mol. The first kappa shape index (κ1) is 11.6. The van der Waals surface area contributed by atoms with Crippen LogP contribution in [0.15, 0.2) is 0 Å². The summed E-state index contributed by atoms with van der Waals surface area (Å²) in [4.78, 5) is 0. The molecule has 0 saturated carbocycles. The standard InChI is InChI=1S/C8H18INO/c1-11-8-7-10-6-4-2-3-5-9/h10H,2-8H2,1H3. The fourth-order valence-electron chi connectivity index (χ4n) is 0.820. The second-order valence-corrected chi connectivity index (χ2v) is 3.57. The van der Waals surface area contributed by atoms with E-state index in [2.05, 4.69) is 27.9 Å². The molecule has 68 valence electrons. The summed E-state index contributed by atoms with van der Waals surface area (Å²) in [6, 6.07) is 0. The predicted molar refractivity (Wildman–Crippen MR) is 57.5 cm³/mol. The highest BCUT2D eigenvalue weighted by Gasteiger charge is 1.87. The summed E-state index contributed by atoms with van der Waals surface area (Å²) < 4.78 is 6.19. The molecule has 0 aromatic rings. The minimum absolute atomic E-state index is 0.826. The fraction of sp³-hybridized carbons (Fsp3) is 1.00. The molecule has 0 aliphatic rings. The van der Waals surface area contributed by atoms with Crippen molar-refractivity contribution in [3.05, 3.63) is 0 Å². The molecule has 0 rings (SSSR count). The molecule has 0 spiro atoms. The Kier molecular flexibility index (Phi) is 11.3. The summed E-state index contributed by atoms with van der Waals surface area (Å²) in [5.74, 6) is 0. The summed E-state index contributed by atoms with van der Waals surface area (Å²) in [6.07, 6.45) is 4.00. The van der Waals surface area contributed by atoms with Gasteiger partial charge in [0.25, 0.3) is 0 Å². The highest BCUT2D eigenvalue weighted by molar-refractivity contribution is 14.1. The van der Waals surface area contributed by atoms with Crippen molar-refractivity contribution in [1.29, 1.82) is 0 Å². The van der Waals surface area contributed by atoms with Crippen molar-refractivity contribution in [3.63, 3.8) is 0 Å². The Balaban J connectivity index is 2.69. The van der Waals surface area contributed by atoms with Crippen LogP contribution >= 0.6 is 22.6 Å². The van der Waals surface area contributed by atoms with Crippen LogP contribution in [0, 0.1) is 0 Å². The lowest BCUT2D eigenvalue weighted by atomic mass is 10.2.